The van der Waals surface area contributed by atoms with Crippen LogP contribution in [0.15, 0.2) is 18.2 Å². The predicted molar refractivity (Wildman–Crippen MR) is 65.1 cm³/mol. The van der Waals surface area contributed by atoms with Gasteiger partial charge in [0.25, 0.3) is 0 Å². The Kier molecular flexibility index (Phi) is 2.59. The number of benzene rings is 1. The Bertz CT molecular complexity index is 464. The molecule has 0 unspecified atom stereocenters. The number of hydrogen-bond acceptors (Lipinski definition) is 2. The first-order valence-electron chi connectivity index (χ1n) is 4.59. The van der Waals surface area contributed by atoms with Gasteiger partial charge in [-0.1, -0.05) is 57.0 Å². The van der Waals surface area contributed by atoms with Crippen LogP contribution in [0.3, 0.4) is 0 Å². The Morgan fingerprint density at radius 3 is 2.47 bits per heavy atom. The molecule has 0 N–H and O–H groups in total. The van der Waals surface area contributed by atoms with Crippen LogP contribution < -0.4 is 0 Å². The first-order chi connectivity index (χ1) is 7.00. The standard InChI is InChI=1S/C11H8Br2O2/c1-2-6-4-3-5-7-8(6)10(15)11(12,13)9(7)14/h3-5H,2H2,1H3. The maximum atomic E-state index is 12.0. The van der Waals surface area contributed by atoms with Crippen LogP contribution in [0.2, 0.25) is 0 Å². The number of aryl methyl sites for hydroxylation is 1. The van der Waals surface area contributed by atoms with Crippen LogP contribution in [-0.2, 0) is 6.42 Å². The van der Waals surface area contributed by atoms with Crippen molar-refractivity contribution in [3.05, 3.63) is 34.9 Å². The molecule has 0 aliphatic heterocycles. The molecule has 0 radical (unpaired) electrons. The highest BCUT2D eigenvalue weighted by molar-refractivity contribution is 9.26. The average Bonchev–Trinajstić information content (AvgIpc) is 2.41. The van der Waals surface area contributed by atoms with Crippen molar-refractivity contribution in [3.63, 3.8) is 0 Å². The summed E-state index contributed by atoms with van der Waals surface area (Å²) < 4.78 is -1.24. The lowest BCUT2D eigenvalue weighted by Crippen LogP contribution is -2.26. The van der Waals surface area contributed by atoms with Crippen molar-refractivity contribution in [1.82, 2.24) is 0 Å². The highest BCUT2D eigenvalue weighted by Gasteiger charge is 2.50. The molecule has 4 heteroatoms. The van der Waals surface area contributed by atoms with Crippen molar-refractivity contribution in [2.45, 2.75) is 16.6 Å². The molecular weight excluding hydrogens is 324 g/mol. The molecule has 1 aliphatic carbocycles. The summed E-state index contributed by atoms with van der Waals surface area (Å²) in [5.41, 5.74) is 1.98. The fourth-order valence-electron chi connectivity index (χ4n) is 1.78. The summed E-state index contributed by atoms with van der Waals surface area (Å²) in [6, 6.07) is 5.38. The van der Waals surface area contributed by atoms with E-state index in [9.17, 15) is 9.59 Å². The molecule has 2 rings (SSSR count). The Morgan fingerprint density at radius 1 is 1.20 bits per heavy atom. The van der Waals surface area contributed by atoms with Gasteiger partial charge in [-0.15, -0.1) is 0 Å². The number of Topliss-reactive ketones (excluding diaryl/α,β-unsaturated/α-hetero) is 2. The zero-order valence-electron chi connectivity index (χ0n) is 8.01. The molecule has 15 heavy (non-hydrogen) atoms. The van der Waals surface area contributed by atoms with Crippen LogP contribution in [0.1, 0.15) is 33.2 Å². The number of halogens is 2. The van der Waals surface area contributed by atoms with Gasteiger partial charge in [-0.2, -0.15) is 0 Å². The van der Waals surface area contributed by atoms with Crippen molar-refractivity contribution in [2.24, 2.45) is 0 Å². The fraction of sp³-hybridized carbons (Fsp3) is 0.273. The van der Waals surface area contributed by atoms with E-state index in [-0.39, 0.29) is 11.6 Å². The van der Waals surface area contributed by atoms with Crippen molar-refractivity contribution < 1.29 is 9.59 Å². The molecule has 78 valence electrons. The van der Waals surface area contributed by atoms with E-state index in [0.29, 0.717) is 11.1 Å². The van der Waals surface area contributed by atoms with Crippen LogP contribution in [0.4, 0.5) is 0 Å². The number of carbonyl (C=O) groups excluding carboxylic acids is 2. The SMILES string of the molecule is CCc1cccc2c1C(=O)C(Br)(Br)C2=O. The first kappa shape index (κ1) is 11.0. The van der Waals surface area contributed by atoms with E-state index in [0.717, 1.165) is 12.0 Å². The maximum absolute atomic E-state index is 12.0. The van der Waals surface area contributed by atoms with E-state index in [1.165, 1.54) is 0 Å². The number of ketones is 2. The van der Waals surface area contributed by atoms with E-state index in [1.807, 2.05) is 19.1 Å². The molecule has 0 atom stereocenters. The predicted octanol–water partition coefficient (Wildman–Crippen LogP) is 3.11. The van der Waals surface area contributed by atoms with Gasteiger partial charge in [0.15, 0.2) is 11.6 Å². The molecule has 0 amide bonds. The molecular formula is C11H8Br2O2. The van der Waals surface area contributed by atoms with Crippen molar-refractivity contribution in [2.75, 3.05) is 0 Å². The number of fused-ring (bicyclic) bond motifs is 1. The molecule has 1 aliphatic rings. The molecule has 2 nitrogen and oxygen atoms in total. The van der Waals surface area contributed by atoms with Crippen molar-refractivity contribution >= 4 is 43.4 Å². The number of rotatable bonds is 1. The number of hydrogen-bond donors (Lipinski definition) is 0. The maximum Gasteiger partial charge on any atom is 0.205 e. The number of carbonyl (C=O) groups is 2. The summed E-state index contributed by atoms with van der Waals surface area (Å²) in [4.78, 5) is 23.9. The zero-order chi connectivity index (χ0) is 11.2. The summed E-state index contributed by atoms with van der Waals surface area (Å²) in [5, 5.41) is 0. The van der Waals surface area contributed by atoms with E-state index >= 15 is 0 Å². The Morgan fingerprint density at radius 2 is 1.87 bits per heavy atom. The van der Waals surface area contributed by atoms with Gasteiger partial charge in [0.05, 0.1) is 0 Å². The third-order valence-electron chi connectivity index (χ3n) is 2.57. The lowest BCUT2D eigenvalue weighted by molar-refractivity contribution is 0.0922. The summed E-state index contributed by atoms with van der Waals surface area (Å²) in [6.45, 7) is 1.97. The minimum Gasteiger partial charge on any atom is -0.291 e. The molecule has 1 aromatic carbocycles. The monoisotopic (exact) mass is 330 g/mol. The molecule has 0 spiro atoms. The van der Waals surface area contributed by atoms with Gasteiger partial charge in [0.1, 0.15) is 0 Å². The quantitative estimate of drug-likeness (QED) is 0.585. The fourth-order valence-corrected chi connectivity index (χ4v) is 2.61. The smallest absolute Gasteiger partial charge is 0.205 e. The van der Waals surface area contributed by atoms with Crippen molar-refractivity contribution in [1.29, 1.82) is 0 Å². The summed E-state index contributed by atoms with van der Waals surface area (Å²) >= 11 is 6.27. The van der Waals surface area contributed by atoms with Crippen molar-refractivity contribution in [3.8, 4) is 0 Å². The van der Waals surface area contributed by atoms with Crippen LogP contribution in [0.25, 0.3) is 0 Å². The normalized spacial score (nSPS) is 18.1. The lowest BCUT2D eigenvalue weighted by Gasteiger charge is -2.07. The third-order valence-corrected chi connectivity index (χ3v) is 4.01. The van der Waals surface area contributed by atoms with Gasteiger partial charge in [-0.3, -0.25) is 9.59 Å². The highest BCUT2D eigenvalue weighted by Crippen LogP contribution is 2.42. The van der Waals surface area contributed by atoms with Gasteiger partial charge in [-0.05, 0) is 12.0 Å². The molecule has 0 bridgehead atoms. The van der Waals surface area contributed by atoms with E-state index in [1.54, 1.807) is 6.07 Å². The minimum atomic E-state index is -1.24. The number of alkyl halides is 2. The molecule has 0 aromatic heterocycles. The van der Waals surface area contributed by atoms with Gasteiger partial charge >= 0.3 is 0 Å². The second-order valence-corrected chi connectivity index (χ2v) is 6.87. The summed E-state index contributed by atoms with van der Waals surface area (Å²) in [6.07, 6.45) is 0.748. The summed E-state index contributed by atoms with van der Waals surface area (Å²) in [7, 11) is 0. The average molecular weight is 332 g/mol. The topological polar surface area (TPSA) is 34.1 Å². The highest BCUT2D eigenvalue weighted by atomic mass is 79.9. The van der Waals surface area contributed by atoms with Crippen LogP contribution in [0, 0.1) is 0 Å². The minimum absolute atomic E-state index is 0.194. The Hall–Kier alpha value is -0.480. The van der Waals surface area contributed by atoms with E-state index < -0.39 is 3.23 Å². The second-order valence-electron chi connectivity index (χ2n) is 3.43. The molecule has 0 saturated carbocycles. The molecule has 0 fully saturated rings. The van der Waals surface area contributed by atoms with Gasteiger partial charge in [-0.25, -0.2) is 0 Å². The van der Waals surface area contributed by atoms with Gasteiger partial charge in [0.2, 0.25) is 3.23 Å². The Labute approximate surface area is 104 Å². The first-order valence-corrected chi connectivity index (χ1v) is 6.18. The van der Waals surface area contributed by atoms with E-state index in [2.05, 4.69) is 31.9 Å². The molecule has 0 heterocycles. The zero-order valence-corrected chi connectivity index (χ0v) is 11.2. The van der Waals surface area contributed by atoms with Gasteiger partial charge < -0.3 is 0 Å². The molecule has 1 aromatic rings. The van der Waals surface area contributed by atoms with E-state index in [4.69, 9.17) is 0 Å². The Balaban J connectivity index is 2.73. The van der Waals surface area contributed by atoms with Gasteiger partial charge in [0, 0.05) is 11.1 Å². The summed E-state index contributed by atoms with van der Waals surface area (Å²) in [5.74, 6) is -0.405. The lowest BCUT2D eigenvalue weighted by atomic mass is 10.0. The van der Waals surface area contributed by atoms with Crippen LogP contribution in [-0.4, -0.2) is 14.8 Å². The third kappa shape index (κ3) is 1.42. The van der Waals surface area contributed by atoms with Crippen LogP contribution >= 0.6 is 31.9 Å². The molecule has 0 saturated heterocycles. The van der Waals surface area contributed by atoms with Crippen LogP contribution in [0.5, 0.6) is 0 Å². The second kappa shape index (κ2) is 3.52. The largest absolute Gasteiger partial charge is 0.291 e.